The Bertz CT molecular complexity index is 1090. The van der Waals surface area contributed by atoms with Crippen molar-refractivity contribution >= 4 is 11.9 Å². The number of fused-ring (bicyclic) bond motifs is 1. The zero-order valence-corrected chi connectivity index (χ0v) is 15.2. The predicted octanol–water partition coefficient (Wildman–Crippen LogP) is 2.00. The van der Waals surface area contributed by atoms with Crippen molar-refractivity contribution in [3.8, 4) is 17.3 Å². The fourth-order valence-corrected chi connectivity index (χ4v) is 3.37. The van der Waals surface area contributed by atoms with E-state index in [-0.39, 0.29) is 11.9 Å². The highest BCUT2D eigenvalue weighted by Gasteiger charge is 2.31. The average molecular weight is 380 g/mol. The number of halogens is 1. The van der Waals surface area contributed by atoms with Crippen molar-refractivity contribution in [3.05, 3.63) is 58.8 Å². The summed E-state index contributed by atoms with van der Waals surface area (Å²) in [6.45, 7) is 1.71. The number of nitrogen functional groups attached to an aromatic ring is 1. The number of hydrogen-bond donors (Lipinski definition) is 2. The largest absolute Gasteiger partial charge is 0.481 e. The van der Waals surface area contributed by atoms with Crippen LogP contribution in [0.3, 0.4) is 0 Å². The number of nitrogens with one attached hydrogen (secondary N) is 1. The lowest BCUT2D eigenvalue weighted by molar-refractivity contribution is 0.0922. The van der Waals surface area contributed by atoms with Crippen LogP contribution in [0.15, 0.2) is 30.5 Å². The van der Waals surface area contributed by atoms with Crippen molar-refractivity contribution in [2.75, 3.05) is 12.8 Å². The molecule has 0 bridgehead atoms. The van der Waals surface area contributed by atoms with Gasteiger partial charge in [0, 0.05) is 24.2 Å². The maximum Gasteiger partial charge on any atom is 0.255 e. The zero-order chi connectivity index (χ0) is 19.8. The number of carbonyl (C=O) groups excluding carboxylic acids is 1. The molecule has 9 heteroatoms. The van der Waals surface area contributed by atoms with Gasteiger partial charge in [-0.2, -0.15) is 4.98 Å². The van der Waals surface area contributed by atoms with Gasteiger partial charge in [0.05, 0.1) is 30.1 Å². The molecule has 0 fully saturated rings. The Balaban J connectivity index is 1.81. The number of ether oxygens (including phenoxy) is 1. The summed E-state index contributed by atoms with van der Waals surface area (Å²) >= 11 is 0. The predicted molar refractivity (Wildman–Crippen MR) is 99.1 cm³/mol. The Morgan fingerprint density at radius 3 is 2.86 bits per heavy atom. The summed E-state index contributed by atoms with van der Waals surface area (Å²) in [4.78, 5) is 29.5. The molecule has 0 spiro atoms. The Hall–Kier alpha value is -3.62. The number of rotatable bonds is 3. The lowest BCUT2D eigenvalue weighted by Gasteiger charge is -2.27. The molecule has 3 N–H and O–H groups in total. The van der Waals surface area contributed by atoms with Gasteiger partial charge in [0.15, 0.2) is 5.82 Å². The minimum absolute atomic E-state index is 0.111. The van der Waals surface area contributed by atoms with Crippen LogP contribution >= 0.6 is 0 Å². The number of anilines is 1. The molecule has 3 heterocycles. The average Bonchev–Trinajstić information content (AvgIpc) is 2.67. The highest BCUT2D eigenvalue weighted by atomic mass is 19.1. The van der Waals surface area contributed by atoms with Crippen molar-refractivity contribution < 1.29 is 13.9 Å². The summed E-state index contributed by atoms with van der Waals surface area (Å²) in [6.07, 6.45) is 1.92. The first kappa shape index (κ1) is 17.8. The van der Waals surface area contributed by atoms with E-state index < -0.39 is 11.9 Å². The third-order valence-corrected chi connectivity index (χ3v) is 4.58. The fourth-order valence-electron chi connectivity index (χ4n) is 3.37. The van der Waals surface area contributed by atoms with Gasteiger partial charge in [0.25, 0.3) is 5.91 Å². The number of nitrogens with zero attached hydrogens (tertiary/aromatic N) is 4. The van der Waals surface area contributed by atoms with E-state index in [1.165, 1.54) is 25.4 Å². The molecule has 8 nitrogen and oxygen atoms in total. The zero-order valence-electron chi connectivity index (χ0n) is 15.2. The van der Waals surface area contributed by atoms with Gasteiger partial charge in [-0.3, -0.25) is 4.79 Å². The summed E-state index contributed by atoms with van der Waals surface area (Å²) in [5.41, 5.74) is 8.38. The summed E-state index contributed by atoms with van der Waals surface area (Å²) in [5.74, 6) is 0.0301. The van der Waals surface area contributed by atoms with Crippen molar-refractivity contribution in [1.29, 1.82) is 0 Å². The Morgan fingerprint density at radius 2 is 2.07 bits per heavy atom. The van der Waals surface area contributed by atoms with E-state index in [1.54, 1.807) is 19.1 Å². The maximum absolute atomic E-state index is 14.0. The molecule has 2 aromatic heterocycles. The van der Waals surface area contributed by atoms with Crippen molar-refractivity contribution in [2.24, 2.45) is 0 Å². The molecular formula is C19H17FN6O2. The summed E-state index contributed by atoms with van der Waals surface area (Å²) in [5, 5.41) is 2.94. The van der Waals surface area contributed by atoms with Crippen LogP contribution in [-0.4, -0.2) is 33.0 Å². The van der Waals surface area contributed by atoms with Crippen LogP contribution in [0.2, 0.25) is 0 Å². The Kier molecular flexibility index (Phi) is 4.34. The third-order valence-electron chi connectivity index (χ3n) is 4.58. The molecule has 28 heavy (non-hydrogen) atoms. The molecule has 1 atom stereocenters. The van der Waals surface area contributed by atoms with Crippen LogP contribution in [0.4, 0.5) is 10.3 Å². The molecule has 142 valence electrons. The molecule has 1 unspecified atom stereocenters. The second kappa shape index (κ2) is 6.84. The topological polar surface area (TPSA) is 116 Å². The summed E-state index contributed by atoms with van der Waals surface area (Å²) in [7, 11) is 1.49. The van der Waals surface area contributed by atoms with Crippen LogP contribution in [0.1, 0.15) is 33.4 Å². The van der Waals surface area contributed by atoms with Crippen LogP contribution in [-0.2, 0) is 6.42 Å². The molecule has 0 radical (unpaired) electrons. The van der Waals surface area contributed by atoms with Gasteiger partial charge in [-0.25, -0.2) is 19.3 Å². The second-order valence-electron chi connectivity index (χ2n) is 6.37. The number of carbonyl (C=O) groups is 1. The number of benzene rings is 1. The smallest absolute Gasteiger partial charge is 0.255 e. The molecule has 1 aliphatic rings. The first-order valence-corrected chi connectivity index (χ1v) is 8.57. The Morgan fingerprint density at radius 1 is 1.25 bits per heavy atom. The Labute approximate surface area is 160 Å². The molecule has 0 saturated heterocycles. The molecule has 1 aromatic carbocycles. The molecule has 0 saturated carbocycles. The fraction of sp³-hybridized carbons (Fsp3) is 0.211. The first-order chi connectivity index (χ1) is 13.5. The molecule has 4 rings (SSSR count). The van der Waals surface area contributed by atoms with Gasteiger partial charge in [-0.05, 0) is 24.6 Å². The van der Waals surface area contributed by atoms with Crippen molar-refractivity contribution in [1.82, 2.24) is 25.3 Å². The summed E-state index contributed by atoms with van der Waals surface area (Å²) < 4.78 is 19.1. The van der Waals surface area contributed by atoms with E-state index in [0.29, 0.717) is 46.2 Å². The number of nitrogens with two attached hydrogens (primary N) is 1. The van der Waals surface area contributed by atoms with E-state index >= 15 is 0 Å². The van der Waals surface area contributed by atoms with E-state index in [9.17, 15) is 9.18 Å². The van der Waals surface area contributed by atoms with E-state index in [1.807, 2.05) is 0 Å². The number of aryl methyl sites for hydroxylation is 1. The van der Waals surface area contributed by atoms with Crippen LogP contribution in [0.25, 0.3) is 11.4 Å². The lowest BCUT2D eigenvalue weighted by atomic mass is 9.91. The van der Waals surface area contributed by atoms with Crippen molar-refractivity contribution in [2.45, 2.75) is 19.4 Å². The van der Waals surface area contributed by atoms with Crippen molar-refractivity contribution in [3.63, 3.8) is 0 Å². The van der Waals surface area contributed by atoms with Crippen LogP contribution < -0.4 is 15.8 Å². The van der Waals surface area contributed by atoms with Gasteiger partial charge in [-0.1, -0.05) is 6.07 Å². The van der Waals surface area contributed by atoms with Crippen LogP contribution in [0.5, 0.6) is 5.88 Å². The number of aromatic nitrogens is 4. The lowest BCUT2D eigenvalue weighted by Crippen LogP contribution is -2.37. The monoisotopic (exact) mass is 380 g/mol. The van der Waals surface area contributed by atoms with Gasteiger partial charge >= 0.3 is 0 Å². The van der Waals surface area contributed by atoms with Gasteiger partial charge < -0.3 is 15.8 Å². The highest BCUT2D eigenvalue weighted by Crippen LogP contribution is 2.33. The molecule has 0 aliphatic carbocycles. The van der Waals surface area contributed by atoms with E-state index in [2.05, 4.69) is 25.3 Å². The quantitative estimate of drug-likeness (QED) is 0.714. The number of amides is 1. The molecule has 1 aliphatic heterocycles. The number of methoxy groups -OCH3 is 1. The number of hydrogen-bond acceptors (Lipinski definition) is 7. The molecule has 3 aromatic rings. The first-order valence-electron chi connectivity index (χ1n) is 8.57. The van der Waals surface area contributed by atoms with E-state index in [4.69, 9.17) is 10.5 Å². The maximum atomic E-state index is 14.0. The third kappa shape index (κ3) is 3.11. The minimum Gasteiger partial charge on any atom is -0.481 e. The van der Waals surface area contributed by atoms with Gasteiger partial charge in [0.1, 0.15) is 5.82 Å². The normalized spacial score (nSPS) is 15.7. The minimum atomic E-state index is -0.445. The second-order valence-corrected chi connectivity index (χ2v) is 6.37. The highest BCUT2D eigenvalue weighted by molar-refractivity contribution is 5.98. The summed E-state index contributed by atoms with van der Waals surface area (Å²) in [6, 6.07) is 5.44. The standard InChI is InChI=1S/C19H17FN6O2/c1-9-16-14(25-19(21)23-9)8-13(24-18(16)27)11-4-3-10(20)7-12(11)17-22-6-5-15(26-17)28-2/h3-7,13H,8H2,1-2H3,(H,24,27)(H2,21,23,25). The van der Waals surface area contributed by atoms with E-state index in [0.717, 1.165) is 0 Å². The van der Waals surface area contributed by atoms with Gasteiger partial charge in [0.2, 0.25) is 11.8 Å². The molecular weight excluding hydrogens is 363 g/mol. The van der Waals surface area contributed by atoms with Crippen LogP contribution in [0, 0.1) is 12.7 Å². The molecule has 1 amide bonds. The van der Waals surface area contributed by atoms with Gasteiger partial charge in [-0.15, -0.1) is 0 Å². The SMILES string of the molecule is COc1ccnc(-c2cc(F)ccc2C2Cc3nc(N)nc(C)c3C(=O)N2)n1.